The van der Waals surface area contributed by atoms with Gasteiger partial charge in [0, 0.05) is 34.3 Å². The van der Waals surface area contributed by atoms with Crippen LogP contribution in [0.1, 0.15) is 23.2 Å². The standard InChI is InChI=1S/C32H28N4O4/c1-38-28-18-26-27(19-29(28)39-2)35-30(20-8-10-21(11-9-20)32(37)34-23-12-13-23)36-31(26)33-22-14-16-25(17-15-22)40-24-6-4-3-5-7-24/h3-11,14-19,23H,12-13H2,1-2H3,(H,34,37)(H,33,35,36). The highest BCUT2D eigenvalue weighted by Crippen LogP contribution is 2.36. The summed E-state index contributed by atoms with van der Waals surface area (Å²) in [4.78, 5) is 22.1. The lowest BCUT2D eigenvalue weighted by Gasteiger charge is -2.14. The largest absolute Gasteiger partial charge is 0.493 e. The molecule has 40 heavy (non-hydrogen) atoms. The van der Waals surface area contributed by atoms with Gasteiger partial charge in [-0.15, -0.1) is 0 Å². The average Bonchev–Trinajstić information content (AvgIpc) is 3.82. The lowest BCUT2D eigenvalue weighted by Crippen LogP contribution is -2.25. The third kappa shape index (κ3) is 5.51. The first-order valence-corrected chi connectivity index (χ1v) is 13.0. The molecule has 1 heterocycles. The van der Waals surface area contributed by atoms with Gasteiger partial charge in [0.05, 0.1) is 19.7 Å². The van der Waals surface area contributed by atoms with E-state index in [2.05, 4.69) is 10.6 Å². The van der Waals surface area contributed by atoms with Crippen LogP contribution in [0.25, 0.3) is 22.3 Å². The Morgan fingerprint density at radius 2 is 1.48 bits per heavy atom. The number of carbonyl (C=O) groups is 1. The molecule has 6 rings (SSSR count). The smallest absolute Gasteiger partial charge is 0.251 e. The molecule has 1 amide bonds. The fraction of sp³-hybridized carbons (Fsp3) is 0.156. The van der Waals surface area contributed by atoms with Crippen LogP contribution in [0.3, 0.4) is 0 Å². The minimum absolute atomic E-state index is 0.0626. The quantitative estimate of drug-likeness (QED) is 0.217. The number of nitrogens with one attached hydrogen (secondary N) is 2. The second kappa shape index (κ2) is 10.9. The fourth-order valence-corrected chi connectivity index (χ4v) is 4.31. The van der Waals surface area contributed by atoms with Gasteiger partial charge in [0.15, 0.2) is 17.3 Å². The predicted octanol–water partition coefficient (Wildman–Crippen LogP) is 6.74. The van der Waals surface area contributed by atoms with Crippen LogP contribution in [-0.4, -0.2) is 36.1 Å². The Hall–Kier alpha value is -5.11. The van der Waals surface area contributed by atoms with Crippen LogP contribution >= 0.6 is 0 Å². The molecule has 1 aliphatic rings. The van der Waals surface area contributed by atoms with Gasteiger partial charge < -0.3 is 24.8 Å². The molecule has 1 fully saturated rings. The number of fused-ring (bicyclic) bond motifs is 1. The number of ether oxygens (including phenoxy) is 3. The topological polar surface area (TPSA) is 94.6 Å². The van der Waals surface area contributed by atoms with E-state index in [1.165, 1.54) is 0 Å². The Morgan fingerprint density at radius 1 is 0.800 bits per heavy atom. The van der Waals surface area contributed by atoms with Gasteiger partial charge in [-0.2, -0.15) is 0 Å². The minimum Gasteiger partial charge on any atom is -0.493 e. The number of para-hydroxylation sites is 1. The summed E-state index contributed by atoms with van der Waals surface area (Å²) >= 11 is 0. The first-order chi connectivity index (χ1) is 19.6. The summed E-state index contributed by atoms with van der Waals surface area (Å²) in [5.41, 5.74) is 2.91. The molecule has 200 valence electrons. The number of methoxy groups -OCH3 is 2. The fourth-order valence-electron chi connectivity index (χ4n) is 4.31. The maximum Gasteiger partial charge on any atom is 0.251 e. The number of carbonyl (C=O) groups excluding carboxylic acids is 1. The zero-order chi connectivity index (χ0) is 27.5. The van der Waals surface area contributed by atoms with Crippen molar-refractivity contribution in [2.45, 2.75) is 18.9 Å². The Kier molecular flexibility index (Phi) is 6.89. The molecular formula is C32H28N4O4. The van der Waals surface area contributed by atoms with Gasteiger partial charge >= 0.3 is 0 Å². The molecule has 0 bridgehead atoms. The summed E-state index contributed by atoms with van der Waals surface area (Å²) in [5.74, 6) is 3.70. The normalized spacial score (nSPS) is 12.6. The third-order valence-corrected chi connectivity index (χ3v) is 6.61. The van der Waals surface area contributed by atoms with Crippen molar-refractivity contribution in [1.82, 2.24) is 15.3 Å². The van der Waals surface area contributed by atoms with Crippen molar-refractivity contribution < 1.29 is 19.0 Å². The molecule has 1 saturated carbocycles. The van der Waals surface area contributed by atoms with Gasteiger partial charge in [-0.1, -0.05) is 30.3 Å². The number of aromatic nitrogens is 2. The van der Waals surface area contributed by atoms with Crippen LogP contribution in [0.5, 0.6) is 23.0 Å². The molecule has 0 aliphatic heterocycles. The van der Waals surface area contributed by atoms with Crippen LogP contribution in [-0.2, 0) is 0 Å². The summed E-state index contributed by atoms with van der Waals surface area (Å²) in [6.45, 7) is 0. The average molecular weight is 533 g/mol. The van der Waals surface area contributed by atoms with Gasteiger partial charge in [-0.3, -0.25) is 4.79 Å². The Morgan fingerprint density at radius 3 is 2.15 bits per heavy atom. The number of hydrogen-bond donors (Lipinski definition) is 2. The zero-order valence-electron chi connectivity index (χ0n) is 22.2. The number of benzene rings is 4. The van der Waals surface area contributed by atoms with Gasteiger partial charge in [0.1, 0.15) is 17.3 Å². The maximum absolute atomic E-state index is 12.4. The van der Waals surface area contributed by atoms with Crippen molar-refractivity contribution in [2.24, 2.45) is 0 Å². The van der Waals surface area contributed by atoms with Crippen molar-refractivity contribution in [2.75, 3.05) is 19.5 Å². The molecule has 0 spiro atoms. The van der Waals surface area contributed by atoms with Crippen LogP contribution in [0, 0.1) is 0 Å². The van der Waals surface area contributed by atoms with Gasteiger partial charge in [0.25, 0.3) is 5.91 Å². The minimum atomic E-state index is -0.0626. The number of rotatable bonds is 9. The van der Waals surface area contributed by atoms with Crippen molar-refractivity contribution in [3.63, 3.8) is 0 Å². The number of nitrogens with zero attached hydrogens (tertiary/aromatic N) is 2. The van der Waals surface area contributed by atoms with E-state index in [1.807, 2.05) is 78.9 Å². The van der Waals surface area contributed by atoms with Crippen molar-refractivity contribution >= 4 is 28.3 Å². The van der Waals surface area contributed by atoms with Crippen LogP contribution < -0.4 is 24.8 Å². The molecule has 5 aromatic rings. The molecule has 8 nitrogen and oxygen atoms in total. The first-order valence-electron chi connectivity index (χ1n) is 13.0. The second-order valence-corrected chi connectivity index (χ2v) is 9.51. The SMILES string of the molecule is COc1cc2nc(-c3ccc(C(=O)NC4CC4)cc3)nc(Nc3ccc(Oc4ccccc4)cc3)c2cc1OC. The van der Waals surface area contributed by atoms with Gasteiger partial charge in [0.2, 0.25) is 0 Å². The molecule has 2 N–H and O–H groups in total. The summed E-state index contributed by atoms with van der Waals surface area (Å²) < 4.78 is 17.0. The summed E-state index contributed by atoms with van der Waals surface area (Å²) in [7, 11) is 3.19. The maximum atomic E-state index is 12.4. The monoisotopic (exact) mass is 532 g/mol. The van der Waals surface area contributed by atoms with Gasteiger partial charge in [-0.05, 0) is 67.4 Å². The molecule has 8 heteroatoms. The van der Waals surface area contributed by atoms with Crippen molar-refractivity contribution in [3.05, 3.63) is 96.6 Å². The molecule has 1 aliphatic carbocycles. The second-order valence-electron chi connectivity index (χ2n) is 9.51. The highest BCUT2D eigenvalue weighted by molar-refractivity contribution is 5.96. The molecule has 4 aromatic carbocycles. The predicted molar refractivity (Wildman–Crippen MR) is 155 cm³/mol. The van der Waals surface area contributed by atoms with E-state index in [4.69, 9.17) is 24.2 Å². The Bertz CT molecular complexity index is 1650. The molecule has 1 aromatic heterocycles. The van der Waals surface area contributed by atoms with E-state index in [-0.39, 0.29) is 5.91 Å². The summed E-state index contributed by atoms with van der Waals surface area (Å²) in [6, 6.07) is 28.6. The molecular weight excluding hydrogens is 504 g/mol. The lowest BCUT2D eigenvalue weighted by molar-refractivity contribution is 0.0951. The van der Waals surface area contributed by atoms with Crippen LogP contribution in [0.2, 0.25) is 0 Å². The van der Waals surface area contributed by atoms with E-state index in [0.717, 1.165) is 41.0 Å². The summed E-state index contributed by atoms with van der Waals surface area (Å²) in [5, 5.41) is 7.21. The molecule has 0 saturated heterocycles. The Labute approximate surface area is 232 Å². The highest BCUT2D eigenvalue weighted by Gasteiger charge is 2.24. The summed E-state index contributed by atoms with van der Waals surface area (Å²) in [6.07, 6.45) is 2.09. The van der Waals surface area contributed by atoms with E-state index in [1.54, 1.807) is 26.4 Å². The Balaban J connectivity index is 1.33. The first kappa shape index (κ1) is 25.2. The zero-order valence-corrected chi connectivity index (χ0v) is 22.2. The van der Waals surface area contributed by atoms with Crippen LogP contribution in [0.4, 0.5) is 11.5 Å². The molecule has 0 atom stereocenters. The number of hydrogen-bond acceptors (Lipinski definition) is 7. The number of anilines is 2. The highest BCUT2D eigenvalue weighted by atomic mass is 16.5. The van der Waals surface area contributed by atoms with E-state index in [0.29, 0.717) is 40.3 Å². The molecule has 0 radical (unpaired) electrons. The lowest BCUT2D eigenvalue weighted by atomic mass is 10.1. The van der Waals surface area contributed by atoms with Crippen molar-refractivity contribution in [3.8, 4) is 34.4 Å². The van der Waals surface area contributed by atoms with Crippen molar-refractivity contribution in [1.29, 1.82) is 0 Å². The number of amides is 1. The van der Waals surface area contributed by atoms with E-state index < -0.39 is 0 Å². The molecule has 0 unspecified atom stereocenters. The third-order valence-electron chi connectivity index (χ3n) is 6.61. The van der Waals surface area contributed by atoms with E-state index in [9.17, 15) is 4.79 Å². The van der Waals surface area contributed by atoms with E-state index >= 15 is 0 Å². The van der Waals surface area contributed by atoms with Gasteiger partial charge in [-0.25, -0.2) is 9.97 Å². The van der Waals surface area contributed by atoms with Crippen LogP contribution in [0.15, 0.2) is 91.0 Å².